The number of hydrogen-bond acceptors (Lipinski definition) is 2. The van der Waals surface area contributed by atoms with Gasteiger partial charge in [0.25, 0.3) is 6.71 Å². The zero-order chi connectivity index (χ0) is 37.9. The van der Waals surface area contributed by atoms with Crippen LogP contribution >= 0.6 is 0 Å². The van der Waals surface area contributed by atoms with Gasteiger partial charge in [-0.2, -0.15) is 0 Å². The summed E-state index contributed by atoms with van der Waals surface area (Å²) in [5.41, 5.74) is 21.6. The predicted octanol–water partition coefficient (Wildman–Crippen LogP) is 12.2. The normalized spacial score (nSPS) is 14.3. The molecule has 1 atom stereocenters. The predicted molar refractivity (Wildman–Crippen MR) is 238 cm³/mol. The molecule has 268 valence electrons. The van der Waals surface area contributed by atoms with Crippen LogP contribution < -0.4 is 25.9 Å². The van der Waals surface area contributed by atoms with Crippen LogP contribution in [0.5, 0.6) is 23.0 Å². The van der Waals surface area contributed by atoms with Gasteiger partial charge >= 0.3 is 0 Å². The molecule has 9 aromatic rings. The van der Waals surface area contributed by atoms with Crippen LogP contribution in [-0.4, -0.2) is 6.71 Å². The largest absolute Gasteiger partial charge is 0.458 e. The Balaban J connectivity index is 1.15. The van der Waals surface area contributed by atoms with E-state index in [0.717, 1.165) is 39.5 Å². The molecular weight excluding hydrogens is 703 g/mol. The Labute approximate surface area is 337 Å². The van der Waals surface area contributed by atoms with Gasteiger partial charge in [-0.3, -0.25) is 0 Å². The topological polar surface area (TPSA) is 18.5 Å². The Kier molecular flexibility index (Phi) is 6.62. The maximum atomic E-state index is 7.46. The molecule has 0 saturated carbocycles. The van der Waals surface area contributed by atoms with E-state index in [9.17, 15) is 0 Å². The van der Waals surface area contributed by atoms with E-state index in [1.165, 1.54) is 83.4 Å². The SMILES string of the molecule is c1ccc2c(c1)B1c3c(cccc3-c3ccccc3-c3ccccc3-2)Oc2ccc3c(c21)Oc1cccc2c1C3c1ccccc1-c1ccccc1-c1ccccc1-2. The van der Waals surface area contributed by atoms with Crippen molar-refractivity contribution in [2.45, 2.75) is 5.92 Å². The molecule has 1 unspecified atom stereocenters. The second-order valence-corrected chi connectivity index (χ2v) is 15.8. The molecule has 13 rings (SSSR count). The highest BCUT2D eigenvalue weighted by Crippen LogP contribution is 2.56. The number of benzene rings is 9. The zero-order valence-electron chi connectivity index (χ0n) is 31.4. The summed E-state index contributed by atoms with van der Waals surface area (Å²) in [5.74, 6) is 3.36. The fourth-order valence-corrected chi connectivity index (χ4v) is 10.6. The average molecular weight is 737 g/mol. The first-order chi connectivity index (χ1) is 28.8. The molecule has 3 heteroatoms. The molecule has 9 aromatic carbocycles. The molecule has 3 aliphatic heterocycles. The minimum Gasteiger partial charge on any atom is -0.458 e. The zero-order valence-corrected chi connectivity index (χ0v) is 31.4. The molecule has 3 heterocycles. The van der Waals surface area contributed by atoms with Crippen LogP contribution in [0.1, 0.15) is 22.6 Å². The third-order valence-electron chi connectivity index (χ3n) is 12.9. The van der Waals surface area contributed by atoms with Gasteiger partial charge in [-0.1, -0.05) is 181 Å². The minimum absolute atomic E-state index is 0.111. The summed E-state index contributed by atoms with van der Waals surface area (Å²) < 4.78 is 14.5. The number of ether oxygens (including phenoxy) is 2. The summed E-state index contributed by atoms with van der Waals surface area (Å²) in [6, 6.07) is 71.0. The van der Waals surface area contributed by atoms with Crippen molar-refractivity contribution in [1.29, 1.82) is 0 Å². The van der Waals surface area contributed by atoms with E-state index >= 15 is 0 Å². The number of rotatable bonds is 0. The van der Waals surface area contributed by atoms with Crippen molar-refractivity contribution in [3.05, 3.63) is 211 Å². The second kappa shape index (κ2) is 12.1. The Hall–Kier alpha value is -7.36. The molecule has 2 nitrogen and oxygen atoms in total. The van der Waals surface area contributed by atoms with Gasteiger partial charge in [0.2, 0.25) is 0 Å². The van der Waals surface area contributed by atoms with Gasteiger partial charge < -0.3 is 9.47 Å². The van der Waals surface area contributed by atoms with Crippen molar-refractivity contribution in [3.63, 3.8) is 0 Å². The molecule has 0 N–H and O–H groups in total. The first-order valence-corrected chi connectivity index (χ1v) is 20.2. The molecule has 1 aliphatic carbocycles. The summed E-state index contributed by atoms with van der Waals surface area (Å²) in [7, 11) is 0. The molecule has 0 fully saturated rings. The highest BCUT2D eigenvalue weighted by atomic mass is 16.5. The van der Waals surface area contributed by atoms with Crippen molar-refractivity contribution in [2.24, 2.45) is 0 Å². The standard InChI is InChI=1S/C55H33BO2/c1-2-17-35-33(15-1)36-18-4-7-22-40(36)44-26-13-29-48-52(44)51(43-25-10-9-21-39(35)43)46-31-32-50-54(55(46)58-48)56-47-28-12-11-24-42(47)38-20-6-3-16-34(38)37-19-5-8-23-41(37)45-27-14-30-49(57-50)53(45)56/h1-32,51H. The van der Waals surface area contributed by atoms with Gasteiger partial charge in [0, 0.05) is 22.5 Å². The van der Waals surface area contributed by atoms with Crippen molar-refractivity contribution < 1.29 is 9.47 Å². The average Bonchev–Trinajstić information content (AvgIpc) is 3.36. The fraction of sp³-hybridized carbons (Fsp3) is 0.0182. The first-order valence-electron chi connectivity index (χ1n) is 20.2. The van der Waals surface area contributed by atoms with E-state index in [2.05, 4.69) is 194 Å². The van der Waals surface area contributed by atoms with E-state index in [4.69, 9.17) is 9.47 Å². The highest BCUT2D eigenvalue weighted by molar-refractivity contribution is 6.99. The Morgan fingerprint density at radius 2 is 0.741 bits per heavy atom. The van der Waals surface area contributed by atoms with Gasteiger partial charge in [-0.25, -0.2) is 0 Å². The third kappa shape index (κ3) is 4.33. The summed E-state index contributed by atoms with van der Waals surface area (Å²) in [6.45, 7) is -0.182. The molecule has 58 heavy (non-hydrogen) atoms. The van der Waals surface area contributed by atoms with Crippen LogP contribution in [0.2, 0.25) is 0 Å². The molecule has 0 saturated heterocycles. The molecule has 0 spiro atoms. The van der Waals surface area contributed by atoms with Gasteiger partial charge in [0.15, 0.2) is 0 Å². The molecular formula is C55H33BO2. The van der Waals surface area contributed by atoms with Crippen molar-refractivity contribution in [1.82, 2.24) is 0 Å². The summed E-state index contributed by atoms with van der Waals surface area (Å²) in [5, 5.41) is 0. The Bertz CT molecular complexity index is 3210. The molecule has 0 aromatic heterocycles. The highest BCUT2D eigenvalue weighted by Gasteiger charge is 2.44. The monoisotopic (exact) mass is 736 g/mol. The lowest BCUT2D eigenvalue weighted by Gasteiger charge is -2.36. The first kappa shape index (κ1) is 31.8. The Morgan fingerprint density at radius 3 is 1.40 bits per heavy atom. The van der Waals surface area contributed by atoms with Crippen LogP contribution in [0.3, 0.4) is 0 Å². The van der Waals surface area contributed by atoms with E-state index in [-0.39, 0.29) is 12.6 Å². The summed E-state index contributed by atoms with van der Waals surface area (Å²) in [4.78, 5) is 0. The van der Waals surface area contributed by atoms with E-state index in [1.807, 2.05) is 0 Å². The van der Waals surface area contributed by atoms with Crippen molar-refractivity contribution in [3.8, 4) is 89.8 Å². The van der Waals surface area contributed by atoms with Crippen molar-refractivity contribution in [2.75, 3.05) is 0 Å². The third-order valence-corrected chi connectivity index (χ3v) is 12.9. The molecule has 0 bridgehead atoms. The lowest BCUT2D eigenvalue weighted by molar-refractivity contribution is 0.446. The van der Waals surface area contributed by atoms with Gasteiger partial charge in [-0.15, -0.1) is 0 Å². The lowest BCUT2D eigenvalue weighted by Crippen LogP contribution is -2.56. The van der Waals surface area contributed by atoms with Crippen molar-refractivity contribution >= 4 is 23.1 Å². The van der Waals surface area contributed by atoms with Crippen LogP contribution in [-0.2, 0) is 0 Å². The number of fused-ring (bicyclic) bond motifs is 19. The van der Waals surface area contributed by atoms with E-state index in [1.54, 1.807) is 0 Å². The number of hydrogen-bond donors (Lipinski definition) is 0. The minimum atomic E-state index is -0.182. The molecule has 0 amide bonds. The maximum absolute atomic E-state index is 7.46. The van der Waals surface area contributed by atoms with Crippen LogP contribution in [0.4, 0.5) is 0 Å². The maximum Gasteiger partial charge on any atom is 0.257 e. The summed E-state index contributed by atoms with van der Waals surface area (Å²) in [6.07, 6.45) is 0. The van der Waals surface area contributed by atoms with E-state index in [0.29, 0.717) is 0 Å². The molecule has 4 aliphatic rings. The van der Waals surface area contributed by atoms with Gasteiger partial charge in [-0.05, 0) is 96.0 Å². The molecule has 0 radical (unpaired) electrons. The van der Waals surface area contributed by atoms with Crippen LogP contribution in [0.25, 0.3) is 66.8 Å². The van der Waals surface area contributed by atoms with Gasteiger partial charge in [0.05, 0.1) is 0 Å². The van der Waals surface area contributed by atoms with Crippen LogP contribution in [0.15, 0.2) is 194 Å². The van der Waals surface area contributed by atoms with Crippen LogP contribution in [0, 0.1) is 0 Å². The Morgan fingerprint density at radius 1 is 0.293 bits per heavy atom. The fourth-order valence-electron chi connectivity index (χ4n) is 10.6. The van der Waals surface area contributed by atoms with E-state index < -0.39 is 0 Å². The smallest absolute Gasteiger partial charge is 0.257 e. The van der Waals surface area contributed by atoms with Gasteiger partial charge in [0.1, 0.15) is 23.0 Å². The quantitative estimate of drug-likeness (QED) is 0.144. The summed E-state index contributed by atoms with van der Waals surface area (Å²) >= 11 is 0. The lowest BCUT2D eigenvalue weighted by atomic mass is 9.34. The second-order valence-electron chi connectivity index (χ2n) is 15.8.